The van der Waals surface area contributed by atoms with Crippen molar-refractivity contribution in [2.24, 2.45) is 0 Å². The number of hydrogen-bond donors (Lipinski definition) is 3. The van der Waals surface area contributed by atoms with Crippen LogP contribution in [0.4, 0.5) is 10.2 Å². The molecule has 6 aromatic rings. The van der Waals surface area contributed by atoms with Crippen molar-refractivity contribution in [3.05, 3.63) is 101 Å². The van der Waals surface area contributed by atoms with Gasteiger partial charge in [-0.3, -0.25) is 14.2 Å². The summed E-state index contributed by atoms with van der Waals surface area (Å²) in [5, 5.41) is 12.6. The van der Waals surface area contributed by atoms with Crippen molar-refractivity contribution in [1.82, 2.24) is 29.8 Å². The van der Waals surface area contributed by atoms with Gasteiger partial charge in [-0.15, -0.1) is 0 Å². The predicted molar refractivity (Wildman–Crippen MR) is 154 cm³/mol. The van der Waals surface area contributed by atoms with E-state index in [-0.39, 0.29) is 17.2 Å². The Bertz CT molecular complexity index is 2060. The highest BCUT2D eigenvalue weighted by atomic mass is 19.1. The van der Waals surface area contributed by atoms with E-state index in [0.29, 0.717) is 59.1 Å². The standard InChI is InChI=1S/C31H22FN7O4/c32-22-14-26(41)17(15-40)13-21(22)30(42)38-23-6-3-16-12-18(4-5-19(16)23)39-28(20-2-1-9-34-27(20)33)36-24-7-8-25(37-29(24)39)31-35-10-11-43-31/h1-2,4-5,7-15,23,41H,3,6H2,(H2,33,34)(H,38,42)/t23-/m0/s1. The molecule has 1 aliphatic rings. The molecule has 4 N–H and O–H groups in total. The Balaban J connectivity index is 1.29. The molecule has 0 unspecified atom stereocenters. The van der Waals surface area contributed by atoms with E-state index in [4.69, 9.17) is 20.1 Å². The Morgan fingerprint density at radius 1 is 1.12 bits per heavy atom. The molecule has 1 atom stereocenters. The molecule has 1 amide bonds. The largest absolute Gasteiger partial charge is 0.507 e. The summed E-state index contributed by atoms with van der Waals surface area (Å²) in [6.07, 6.45) is 6.25. The van der Waals surface area contributed by atoms with Gasteiger partial charge in [-0.05, 0) is 66.4 Å². The molecule has 43 heavy (non-hydrogen) atoms. The van der Waals surface area contributed by atoms with E-state index in [1.165, 1.54) is 6.26 Å². The normalized spacial score (nSPS) is 14.1. The van der Waals surface area contributed by atoms with E-state index in [0.717, 1.165) is 28.9 Å². The van der Waals surface area contributed by atoms with Crippen molar-refractivity contribution in [2.45, 2.75) is 18.9 Å². The number of phenols is 1. The van der Waals surface area contributed by atoms with Gasteiger partial charge < -0.3 is 20.6 Å². The van der Waals surface area contributed by atoms with Crippen LogP contribution in [0.15, 0.2) is 77.7 Å². The first kappa shape index (κ1) is 26.0. The number of imidazole rings is 1. The number of aromatic nitrogens is 5. The van der Waals surface area contributed by atoms with Crippen LogP contribution < -0.4 is 11.1 Å². The number of halogens is 1. The molecule has 7 rings (SSSR count). The van der Waals surface area contributed by atoms with E-state index in [1.54, 1.807) is 24.5 Å². The summed E-state index contributed by atoms with van der Waals surface area (Å²) in [7, 11) is 0. The molecular weight excluding hydrogens is 553 g/mol. The molecule has 4 heterocycles. The van der Waals surface area contributed by atoms with E-state index < -0.39 is 17.5 Å². The molecule has 0 spiro atoms. The van der Waals surface area contributed by atoms with E-state index in [2.05, 4.69) is 15.3 Å². The lowest BCUT2D eigenvalue weighted by Crippen LogP contribution is -2.28. The van der Waals surface area contributed by atoms with Crippen LogP contribution in [0.25, 0.3) is 39.8 Å². The van der Waals surface area contributed by atoms with Gasteiger partial charge in [-0.2, -0.15) is 0 Å². The van der Waals surface area contributed by atoms with Crippen LogP contribution in [0, 0.1) is 5.82 Å². The summed E-state index contributed by atoms with van der Waals surface area (Å²) in [6, 6.07) is 14.5. The summed E-state index contributed by atoms with van der Waals surface area (Å²) >= 11 is 0. The number of amides is 1. The van der Waals surface area contributed by atoms with Crippen LogP contribution in [0.2, 0.25) is 0 Å². The molecule has 0 radical (unpaired) electrons. The molecule has 0 saturated carbocycles. The molecule has 2 aromatic carbocycles. The number of benzene rings is 2. The second kappa shape index (κ2) is 10.2. The first-order valence-electron chi connectivity index (χ1n) is 13.3. The van der Waals surface area contributed by atoms with E-state index in [9.17, 15) is 19.1 Å². The third kappa shape index (κ3) is 4.45. The molecule has 11 nitrogen and oxygen atoms in total. The highest BCUT2D eigenvalue weighted by Crippen LogP contribution is 2.36. The number of anilines is 1. The zero-order chi connectivity index (χ0) is 29.7. The number of pyridine rings is 2. The quantitative estimate of drug-likeness (QED) is 0.237. The molecule has 0 fully saturated rings. The number of nitrogens with one attached hydrogen (secondary N) is 1. The molecular formula is C31H22FN7O4. The van der Waals surface area contributed by atoms with Gasteiger partial charge in [-0.1, -0.05) is 6.07 Å². The van der Waals surface area contributed by atoms with Crippen molar-refractivity contribution < 1.29 is 23.5 Å². The lowest BCUT2D eigenvalue weighted by atomic mass is 10.1. The van der Waals surface area contributed by atoms with Crippen LogP contribution in [-0.4, -0.2) is 41.8 Å². The fraction of sp³-hybridized carbons (Fsp3) is 0.0968. The number of fused-ring (bicyclic) bond motifs is 2. The minimum absolute atomic E-state index is 0.166. The number of carbonyl (C=O) groups excluding carboxylic acids is 2. The predicted octanol–water partition coefficient (Wildman–Crippen LogP) is 4.79. The Labute approximate surface area is 242 Å². The maximum atomic E-state index is 14.5. The fourth-order valence-corrected chi connectivity index (χ4v) is 5.44. The maximum Gasteiger partial charge on any atom is 0.254 e. The Morgan fingerprint density at radius 2 is 2.00 bits per heavy atom. The summed E-state index contributed by atoms with van der Waals surface area (Å²) in [6.45, 7) is 0. The molecule has 0 bridgehead atoms. The second-order valence-electron chi connectivity index (χ2n) is 10.0. The minimum Gasteiger partial charge on any atom is -0.507 e. The molecule has 1 aliphatic carbocycles. The first-order valence-corrected chi connectivity index (χ1v) is 13.3. The van der Waals surface area contributed by atoms with Crippen molar-refractivity contribution >= 4 is 29.2 Å². The minimum atomic E-state index is -0.917. The van der Waals surface area contributed by atoms with Gasteiger partial charge in [-0.25, -0.2) is 24.3 Å². The monoisotopic (exact) mass is 575 g/mol. The molecule has 12 heteroatoms. The number of phenolic OH excluding ortho intramolecular Hbond substituents is 1. The SMILES string of the molecule is Nc1ncccc1-c1nc2ccc(-c3ncco3)nc2n1-c1ccc2c(c1)CC[C@@H]2NC(=O)c1cc(C=O)c(O)cc1F. The van der Waals surface area contributed by atoms with Crippen molar-refractivity contribution in [2.75, 3.05) is 5.73 Å². The highest BCUT2D eigenvalue weighted by molar-refractivity contribution is 5.97. The van der Waals surface area contributed by atoms with Gasteiger partial charge in [0.2, 0.25) is 5.89 Å². The number of nitrogens with two attached hydrogens (primary N) is 1. The lowest BCUT2D eigenvalue weighted by Gasteiger charge is -2.16. The van der Waals surface area contributed by atoms with Crippen LogP contribution in [-0.2, 0) is 6.42 Å². The number of nitrogens with zero attached hydrogens (tertiary/aromatic N) is 5. The van der Waals surface area contributed by atoms with Crippen LogP contribution in [0.5, 0.6) is 5.75 Å². The number of aryl methyl sites for hydroxylation is 1. The van der Waals surface area contributed by atoms with Gasteiger partial charge in [0, 0.05) is 18.0 Å². The lowest BCUT2D eigenvalue weighted by molar-refractivity contribution is 0.0932. The van der Waals surface area contributed by atoms with E-state index in [1.807, 2.05) is 34.9 Å². The van der Waals surface area contributed by atoms with Crippen LogP contribution in [0.3, 0.4) is 0 Å². The number of hydrogen-bond acceptors (Lipinski definition) is 9. The zero-order valence-corrected chi connectivity index (χ0v) is 22.4. The molecule has 212 valence electrons. The average molecular weight is 576 g/mol. The molecule has 0 aliphatic heterocycles. The fourth-order valence-electron chi connectivity index (χ4n) is 5.44. The Kier molecular flexibility index (Phi) is 6.16. The molecule has 0 saturated heterocycles. The van der Waals surface area contributed by atoms with Gasteiger partial charge in [0.15, 0.2) is 17.8 Å². The third-order valence-corrected chi connectivity index (χ3v) is 7.49. The van der Waals surface area contributed by atoms with Gasteiger partial charge in [0.25, 0.3) is 5.91 Å². The highest BCUT2D eigenvalue weighted by Gasteiger charge is 2.27. The third-order valence-electron chi connectivity index (χ3n) is 7.49. The summed E-state index contributed by atoms with van der Waals surface area (Å²) in [5.41, 5.74) is 10.8. The van der Waals surface area contributed by atoms with Gasteiger partial charge in [0.05, 0.1) is 28.9 Å². The number of rotatable bonds is 6. The van der Waals surface area contributed by atoms with E-state index >= 15 is 0 Å². The number of aldehydes is 1. The Hall–Kier alpha value is -5.91. The number of aromatic hydroxyl groups is 1. The zero-order valence-electron chi connectivity index (χ0n) is 22.4. The van der Waals surface area contributed by atoms with Crippen LogP contribution >= 0.6 is 0 Å². The summed E-state index contributed by atoms with van der Waals surface area (Å²) in [5.74, 6) is -0.885. The van der Waals surface area contributed by atoms with Crippen molar-refractivity contribution in [3.8, 4) is 34.4 Å². The number of nitrogen functional groups attached to an aromatic ring is 1. The van der Waals surface area contributed by atoms with Crippen molar-refractivity contribution in [1.29, 1.82) is 0 Å². The topological polar surface area (TPSA) is 162 Å². The second-order valence-corrected chi connectivity index (χ2v) is 10.0. The summed E-state index contributed by atoms with van der Waals surface area (Å²) in [4.78, 5) is 42.3. The number of oxazole rings is 1. The molecule has 4 aromatic heterocycles. The average Bonchev–Trinajstić information content (AvgIpc) is 3.76. The Morgan fingerprint density at radius 3 is 2.79 bits per heavy atom. The van der Waals surface area contributed by atoms with Gasteiger partial charge >= 0.3 is 0 Å². The number of carbonyl (C=O) groups is 2. The van der Waals surface area contributed by atoms with Gasteiger partial charge in [0.1, 0.15) is 34.9 Å². The first-order chi connectivity index (χ1) is 20.9. The summed E-state index contributed by atoms with van der Waals surface area (Å²) < 4.78 is 21.8. The maximum absolute atomic E-state index is 14.5. The van der Waals surface area contributed by atoms with Crippen LogP contribution in [0.1, 0.15) is 44.3 Å². The smallest absolute Gasteiger partial charge is 0.254 e. The van der Waals surface area contributed by atoms with Crippen molar-refractivity contribution in [3.63, 3.8) is 0 Å².